The predicted molar refractivity (Wildman–Crippen MR) is 95.1 cm³/mol. The summed E-state index contributed by atoms with van der Waals surface area (Å²) >= 11 is 0. The first kappa shape index (κ1) is 22.6. The van der Waals surface area contributed by atoms with Crippen molar-refractivity contribution < 1.29 is 35.1 Å². The molecule has 2 aromatic carbocycles. The molecule has 0 N–H and O–H groups in total. The standard InChI is InChI=1S/C21H16F8/c1-3-5-13-11-15(7-9-17(13)22)19(20(24,25)26,21(27,28)29)16-8-10-18(23)14(12-16)6-4-2/h3-12H,1-2H3/b5-3-,6-4-. The topological polar surface area (TPSA) is 0 Å². The van der Waals surface area contributed by atoms with Gasteiger partial charge in [-0.1, -0.05) is 36.4 Å². The van der Waals surface area contributed by atoms with Crippen molar-refractivity contribution >= 4 is 12.2 Å². The van der Waals surface area contributed by atoms with E-state index < -0.39 is 51.7 Å². The molecule has 156 valence electrons. The highest BCUT2D eigenvalue weighted by Crippen LogP contribution is 2.56. The monoisotopic (exact) mass is 420 g/mol. The molecule has 0 fully saturated rings. The molecule has 0 aliphatic heterocycles. The van der Waals surface area contributed by atoms with Crippen molar-refractivity contribution in [2.24, 2.45) is 0 Å². The van der Waals surface area contributed by atoms with Crippen molar-refractivity contribution in [3.05, 3.63) is 82.4 Å². The molecule has 0 heterocycles. The fourth-order valence-corrected chi connectivity index (χ4v) is 3.15. The second kappa shape index (κ2) is 8.00. The Kier molecular flexibility index (Phi) is 6.25. The smallest absolute Gasteiger partial charge is 0.206 e. The first-order valence-corrected chi connectivity index (χ1v) is 8.39. The Hall–Kier alpha value is -2.64. The molecule has 0 saturated carbocycles. The molecule has 0 amide bonds. The van der Waals surface area contributed by atoms with Crippen LogP contribution in [-0.2, 0) is 5.41 Å². The summed E-state index contributed by atoms with van der Waals surface area (Å²) in [4.78, 5) is 0. The predicted octanol–water partition coefficient (Wildman–Crippen LogP) is 7.44. The van der Waals surface area contributed by atoms with Crippen LogP contribution < -0.4 is 0 Å². The molecule has 0 spiro atoms. The Morgan fingerprint density at radius 3 is 1.24 bits per heavy atom. The van der Waals surface area contributed by atoms with E-state index in [1.807, 2.05) is 0 Å². The molecule has 0 radical (unpaired) electrons. The highest BCUT2D eigenvalue weighted by atomic mass is 19.4. The summed E-state index contributed by atoms with van der Waals surface area (Å²) in [5.74, 6) is -1.95. The first-order valence-electron chi connectivity index (χ1n) is 8.39. The van der Waals surface area contributed by atoms with Gasteiger partial charge in [-0.3, -0.25) is 0 Å². The fraction of sp³-hybridized carbons (Fsp3) is 0.238. The van der Waals surface area contributed by atoms with E-state index in [0.29, 0.717) is 36.4 Å². The van der Waals surface area contributed by atoms with Crippen LogP contribution in [0.5, 0.6) is 0 Å². The van der Waals surface area contributed by atoms with Crippen molar-refractivity contribution in [2.75, 3.05) is 0 Å². The number of rotatable bonds is 4. The van der Waals surface area contributed by atoms with Crippen LogP contribution in [0.25, 0.3) is 12.2 Å². The van der Waals surface area contributed by atoms with Gasteiger partial charge in [0.2, 0.25) is 5.41 Å². The average Bonchev–Trinajstić information content (AvgIpc) is 2.59. The molecule has 2 aromatic rings. The molecular formula is C21H16F8. The van der Waals surface area contributed by atoms with Crippen LogP contribution in [0.4, 0.5) is 35.1 Å². The van der Waals surface area contributed by atoms with Crippen molar-refractivity contribution in [3.63, 3.8) is 0 Å². The van der Waals surface area contributed by atoms with Crippen molar-refractivity contribution in [1.82, 2.24) is 0 Å². The Morgan fingerprint density at radius 2 is 0.966 bits per heavy atom. The number of halogens is 8. The van der Waals surface area contributed by atoms with Crippen LogP contribution in [0.2, 0.25) is 0 Å². The molecule has 0 atom stereocenters. The lowest BCUT2D eigenvalue weighted by atomic mass is 9.72. The second-order valence-electron chi connectivity index (χ2n) is 6.22. The SMILES string of the molecule is C/C=C\c1cc(C(c2ccc(F)c(/C=C\C)c2)(C(F)(F)F)C(F)(F)F)ccc1F. The van der Waals surface area contributed by atoms with Crippen LogP contribution in [0.3, 0.4) is 0 Å². The Bertz CT molecular complexity index is 855. The van der Waals surface area contributed by atoms with Gasteiger partial charge in [0.05, 0.1) is 0 Å². The second-order valence-corrected chi connectivity index (χ2v) is 6.22. The molecule has 0 unspecified atom stereocenters. The molecule has 29 heavy (non-hydrogen) atoms. The molecule has 0 aliphatic carbocycles. The molecule has 0 nitrogen and oxygen atoms in total. The van der Waals surface area contributed by atoms with Crippen molar-refractivity contribution in [1.29, 1.82) is 0 Å². The van der Waals surface area contributed by atoms with Crippen LogP contribution in [0.15, 0.2) is 48.6 Å². The maximum absolute atomic E-state index is 14.1. The van der Waals surface area contributed by atoms with E-state index in [-0.39, 0.29) is 0 Å². The Labute approximate surface area is 162 Å². The summed E-state index contributed by atoms with van der Waals surface area (Å²) in [6, 6.07) is 3.01. The minimum atomic E-state index is -5.85. The summed E-state index contributed by atoms with van der Waals surface area (Å²) in [7, 11) is 0. The van der Waals surface area contributed by atoms with E-state index in [1.54, 1.807) is 0 Å². The fourth-order valence-electron chi connectivity index (χ4n) is 3.15. The van der Waals surface area contributed by atoms with Gasteiger partial charge >= 0.3 is 12.4 Å². The van der Waals surface area contributed by atoms with Gasteiger partial charge in [-0.15, -0.1) is 0 Å². The van der Waals surface area contributed by atoms with E-state index in [0.717, 1.165) is 12.2 Å². The van der Waals surface area contributed by atoms with Crippen molar-refractivity contribution in [3.8, 4) is 0 Å². The zero-order valence-electron chi connectivity index (χ0n) is 15.3. The van der Waals surface area contributed by atoms with Gasteiger partial charge in [-0.25, -0.2) is 8.78 Å². The third kappa shape index (κ3) is 3.93. The number of alkyl halides is 6. The highest BCUT2D eigenvalue weighted by Gasteiger charge is 2.72. The quantitative estimate of drug-likeness (QED) is 0.451. The van der Waals surface area contributed by atoms with Gasteiger partial charge < -0.3 is 0 Å². The lowest BCUT2D eigenvalue weighted by Gasteiger charge is -2.38. The lowest BCUT2D eigenvalue weighted by molar-refractivity contribution is -0.288. The van der Waals surface area contributed by atoms with Crippen LogP contribution in [-0.4, -0.2) is 12.4 Å². The normalized spacial score (nSPS) is 13.6. The summed E-state index contributed by atoms with van der Waals surface area (Å²) in [6.07, 6.45) is -7.00. The number of benzene rings is 2. The number of hydrogen-bond acceptors (Lipinski definition) is 0. The van der Waals surface area contributed by atoms with Gasteiger partial charge in [0.1, 0.15) is 11.6 Å². The third-order valence-electron chi connectivity index (χ3n) is 4.40. The lowest BCUT2D eigenvalue weighted by Crippen LogP contribution is -2.54. The maximum atomic E-state index is 14.1. The first-order chi connectivity index (χ1) is 13.4. The summed E-state index contributed by atoms with van der Waals surface area (Å²) in [5, 5.41) is 0. The highest BCUT2D eigenvalue weighted by molar-refractivity contribution is 5.57. The van der Waals surface area contributed by atoms with Gasteiger partial charge in [-0.05, 0) is 49.2 Å². The van der Waals surface area contributed by atoms with Crippen LogP contribution >= 0.6 is 0 Å². The molecule has 0 saturated heterocycles. The largest absolute Gasteiger partial charge is 0.411 e. The molecule has 0 bridgehead atoms. The third-order valence-corrected chi connectivity index (χ3v) is 4.40. The Morgan fingerprint density at radius 1 is 0.621 bits per heavy atom. The minimum Gasteiger partial charge on any atom is -0.206 e. The summed E-state index contributed by atoms with van der Waals surface area (Å²) in [6.45, 7) is 2.88. The summed E-state index contributed by atoms with van der Waals surface area (Å²) < 4.78 is 113. The van der Waals surface area contributed by atoms with E-state index in [9.17, 15) is 35.1 Å². The van der Waals surface area contributed by atoms with Gasteiger partial charge in [0.25, 0.3) is 0 Å². The van der Waals surface area contributed by atoms with E-state index in [2.05, 4.69) is 0 Å². The van der Waals surface area contributed by atoms with E-state index >= 15 is 0 Å². The van der Waals surface area contributed by atoms with E-state index in [1.165, 1.54) is 26.0 Å². The van der Waals surface area contributed by atoms with Crippen molar-refractivity contribution in [2.45, 2.75) is 31.6 Å². The average molecular weight is 420 g/mol. The number of hydrogen-bond donors (Lipinski definition) is 0. The molecular weight excluding hydrogens is 404 g/mol. The van der Waals surface area contributed by atoms with Gasteiger partial charge in [-0.2, -0.15) is 26.3 Å². The van der Waals surface area contributed by atoms with Crippen LogP contribution in [0.1, 0.15) is 36.1 Å². The molecule has 0 aromatic heterocycles. The van der Waals surface area contributed by atoms with Crippen LogP contribution in [0, 0.1) is 11.6 Å². The molecule has 8 heteroatoms. The van der Waals surface area contributed by atoms with E-state index in [4.69, 9.17) is 0 Å². The van der Waals surface area contributed by atoms with Gasteiger partial charge in [0, 0.05) is 11.1 Å². The zero-order chi connectivity index (χ0) is 22.0. The Balaban J connectivity index is 3.00. The summed E-state index contributed by atoms with van der Waals surface area (Å²) in [5.41, 5.74) is -7.78. The maximum Gasteiger partial charge on any atom is 0.411 e. The number of allylic oxidation sites excluding steroid dienone is 2. The minimum absolute atomic E-state index is 0.432. The zero-order valence-corrected chi connectivity index (χ0v) is 15.3. The molecule has 0 aliphatic rings. The van der Waals surface area contributed by atoms with Gasteiger partial charge in [0.15, 0.2) is 0 Å². The molecule has 2 rings (SSSR count).